The van der Waals surface area contributed by atoms with Crippen LogP contribution in [0.1, 0.15) is 0 Å². The highest BCUT2D eigenvalue weighted by Gasteiger charge is 2.18. The molecule has 0 amide bonds. The fourth-order valence-electron chi connectivity index (χ4n) is 7.01. The molecule has 8 aromatic carbocycles. The molecule has 2 heterocycles. The standard InChI is InChI=1S/C43H25N3O/c1-2-11-28-23-30(18-17-26(28)9-1)41-44-42(31-20-21-35-34-15-7-8-16-38(34)47-39(35)25-31)46-43(45-41)37-24-29-12-4-5-13-32(29)36-22-19-27-10-3-6-14-33(27)40(36)37/h1-25H. The van der Waals surface area contributed by atoms with Crippen LogP contribution >= 0.6 is 0 Å². The van der Waals surface area contributed by atoms with E-state index in [1.54, 1.807) is 0 Å². The van der Waals surface area contributed by atoms with Crippen LogP contribution in [0.15, 0.2) is 156 Å². The van der Waals surface area contributed by atoms with Crippen LogP contribution in [0.2, 0.25) is 0 Å². The molecular formula is C43H25N3O. The number of furan rings is 1. The summed E-state index contributed by atoms with van der Waals surface area (Å²) in [5.41, 5.74) is 4.46. The highest BCUT2D eigenvalue weighted by atomic mass is 16.3. The average Bonchev–Trinajstić information content (AvgIpc) is 3.52. The van der Waals surface area contributed by atoms with Gasteiger partial charge in [0.15, 0.2) is 17.5 Å². The molecule has 0 saturated heterocycles. The van der Waals surface area contributed by atoms with E-state index in [9.17, 15) is 0 Å². The van der Waals surface area contributed by atoms with Gasteiger partial charge in [-0.2, -0.15) is 0 Å². The normalized spacial score (nSPS) is 11.8. The minimum Gasteiger partial charge on any atom is -0.456 e. The van der Waals surface area contributed by atoms with Crippen LogP contribution in [0, 0.1) is 0 Å². The van der Waals surface area contributed by atoms with E-state index in [0.717, 1.165) is 54.8 Å². The SMILES string of the molecule is c1ccc2cc(-c3nc(-c4ccc5c(c4)oc4ccccc45)nc(-c4cc5ccccc5c5ccc6ccccc6c45)n3)ccc2c1. The summed E-state index contributed by atoms with van der Waals surface area (Å²) in [6.07, 6.45) is 0. The van der Waals surface area contributed by atoms with Crippen molar-refractivity contribution < 1.29 is 4.42 Å². The van der Waals surface area contributed by atoms with Crippen LogP contribution in [0.5, 0.6) is 0 Å². The van der Waals surface area contributed by atoms with Gasteiger partial charge in [0.2, 0.25) is 0 Å². The van der Waals surface area contributed by atoms with Gasteiger partial charge in [-0.15, -0.1) is 0 Å². The van der Waals surface area contributed by atoms with Crippen molar-refractivity contribution >= 4 is 65.0 Å². The second kappa shape index (κ2) is 10.1. The first-order valence-corrected chi connectivity index (χ1v) is 15.8. The number of hydrogen-bond acceptors (Lipinski definition) is 4. The minimum atomic E-state index is 0.599. The first-order valence-electron chi connectivity index (χ1n) is 15.8. The predicted octanol–water partition coefficient (Wildman–Crippen LogP) is 11.4. The lowest BCUT2D eigenvalue weighted by Crippen LogP contribution is -2.01. The molecule has 0 aliphatic rings. The molecule has 0 bridgehead atoms. The zero-order valence-corrected chi connectivity index (χ0v) is 25.2. The summed E-state index contributed by atoms with van der Waals surface area (Å²) in [5, 5.41) is 11.5. The zero-order valence-electron chi connectivity index (χ0n) is 25.2. The third-order valence-electron chi connectivity index (χ3n) is 9.27. The van der Waals surface area contributed by atoms with Crippen molar-refractivity contribution in [3.63, 3.8) is 0 Å². The van der Waals surface area contributed by atoms with Crippen molar-refractivity contribution in [3.8, 4) is 34.2 Å². The largest absolute Gasteiger partial charge is 0.456 e. The van der Waals surface area contributed by atoms with Gasteiger partial charge in [-0.1, -0.05) is 121 Å². The Kier molecular flexibility index (Phi) is 5.54. The van der Waals surface area contributed by atoms with E-state index < -0.39 is 0 Å². The lowest BCUT2D eigenvalue weighted by molar-refractivity contribution is 0.669. The predicted molar refractivity (Wildman–Crippen MR) is 193 cm³/mol. The second-order valence-corrected chi connectivity index (χ2v) is 12.0. The van der Waals surface area contributed by atoms with E-state index in [1.165, 1.54) is 26.9 Å². The Morgan fingerprint density at radius 3 is 1.77 bits per heavy atom. The highest BCUT2D eigenvalue weighted by molar-refractivity contribution is 6.22. The summed E-state index contributed by atoms with van der Waals surface area (Å²) in [4.78, 5) is 15.6. The highest BCUT2D eigenvalue weighted by Crippen LogP contribution is 2.39. The third kappa shape index (κ3) is 4.12. The number of aromatic nitrogens is 3. The van der Waals surface area contributed by atoms with Crippen molar-refractivity contribution in [2.24, 2.45) is 0 Å². The monoisotopic (exact) mass is 599 g/mol. The molecule has 0 N–H and O–H groups in total. The summed E-state index contributed by atoms with van der Waals surface area (Å²) in [6.45, 7) is 0. The Bertz CT molecular complexity index is 2870. The summed E-state index contributed by atoms with van der Waals surface area (Å²) >= 11 is 0. The summed E-state index contributed by atoms with van der Waals surface area (Å²) in [6, 6.07) is 52.9. The smallest absolute Gasteiger partial charge is 0.164 e. The van der Waals surface area contributed by atoms with Crippen molar-refractivity contribution in [1.29, 1.82) is 0 Å². The maximum absolute atomic E-state index is 6.28. The fourth-order valence-corrected chi connectivity index (χ4v) is 7.01. The molecule has 4 nitrogen and oxygen atoms in total. The maximum atomic E-state index is 6.28. The molecule has 0 atom stereocenters. The van der Waals surface area contributed by atoms with Crippen LogP contribution in [0.25, 0.3) is 99.2 Å². The van der Waals surface area contributed by atoms with Gasteiger partial charge >= 0.3 is 0 Å². The summed E-state index contributed by atoms with van der Waals surface area (Å²) in [5.74, 6) is 1.86. The molecule has 0 unspecified atom stereocenters. The summed E-state index contributed by atoms with van der Waals surface area (Å²) < 4.78 is 6.28. The Hall–Kier alpha value is -6.39. The Morgan fingerprint density at radius 2 is 0.915 bits per heavy atom. The van der Waals surface area contributed by atoms with Gasteiger partial charge in [0.25, 0.3) is 0 Å². The van der Waals surface area contributed by atoms with Crippen molar-refractivity contribution in [2.75, 3.05) is 0 Å². The van der Waals surface area contributed by atoms with Crippen LogP contribution in [-0.4, -0.2) is 15.0 Å². The number of benzene rings is 8. The molecule has 0 aliphatic carbocycles. The number of para-hydroxylation sites is 1. The van der Waals surface area contributed by atoms with Gasteiger partial charge in [-0.3, -0.25) is 0 Å². The third-order valence-corrected chi connectivity index (χ3v) is 9.27. The Balaban J connectivity index is 1.28. The number of nitrogens with zero attached hydrogens (tertiary/aromatic N) is 3. The molecule has 0 saturated carbocycles. The van der Waals surface area contributed by atoms with Crippen LogP contribution in [0.4, 0.5) is 0 Å². The van der Waals surface area contributed by atoms with E-state index in [1.807, 2.05) is 24.3 Å². The van der Waals surface area contributed by atoms with Crippen molar-refractivity contribution in [2.45, 2.75) is 0 Å². The molecule has 10 rings (SSSR count). The van der Waals surface area contributed by atoms with Gasteiger partial charge < -0.3 is 4.42 Å². The Labute approximate surface area is 269 Å². The van der Waals surface area contributed by atoms with Gasteiger partial charge in [0, 0.05) is 32.8 Å². The van der Waals surface area contributed by atoms with Gasteiger partial charge in [0.1, 0.15) is 11.2 Å². The van der Waals surface area contributed by atoms with E-state index in [-0.39, 0.29) is 0 Å². The van der Waals surface area contributed by atoms with E-state index in [0.29, 0.717) is 17.5 Å². The lowest BCUT2D eigenvalue weighted by Gasteiger charge is -2.14. The molecule has 0 aliphatic heterocycles. The molecule has 0 spiro atoms. The molecule has 0 radical (unpaired) electrons. The number of hydrogen-bond donors (Lipinski definition) is 0. The molecule has 4 heteroatoms. The molecular weight excluding hydrogens is 574 g/mol. The lowest BCUT2D eigenvalue weighted by atomic mass is 9.92. The maximum Gasteiger partial charge on any atom is 0.164 e. The fraction of sp³-hybridized carbons (Fsp3) is 0. The minimum absolute atomic E-state index is 0.599. The van der Waals surface area contributed by atoms with E-state index in [4.69, 9.17) is 19.4 Å². The molecule has 218 valence electrons. The molecule has 2 aromatic heterocycles. The Morgan fingerprint density at radius 1 is 0.340 bits per heavy atom. The first kappa shape index (κ1) is 25.9. The van der Waals surface area contributed by atoms with Crippen molar-refractivity contribution in [3.05, 3.63) is 152 Å². The average molecular weight is 600 g/mol. The van der Waals surface area contributed by atoms with Crippen molar-refractivity contribution in [1.82, 2.24) is 15.0 Å². The van der Waals surface area contributed by atoms with Gasteiger partial charge in [-0.25, -0.2) is 15.0 Å². The summed E-state index contributed by atoms with van der Waals surface area (Å²) in [7, 11) is 0. The van der Waals surface area contributed by atoms with Crippen LogP contribution < -0.4 is 0 Å². The van der Waals surface area contributed by atoms with Crippen LogP contribution in [0.3, 0.4) is 0 Å². The topological polar surface area (TPSA) is 51.8 Å². The van der Waals surface area contributed by atoms with E-state index in [2.05, 4.69) is 127 Å². The van der Waals surface area contributed by atoms with Gasteiger partial charge in [0.05, 0.1) is 0 Å². The molecule has 47 heavy (non-hydrogen) atoms. The van der Waals surface area contributed by atoms with Crippen LogP contribution in [-0.2, 0) is 0 Å². The number of fused-ring (bicyclic) bond motifs is 9. The van der Waals surface area contributed by atoms with E-state index >= 15 is 0 Å². The molecule has 10 aromatic rings. The quantitative estimate of drug-likeness (QED) is 0.190. The molecule has 0 fully saturated rings. The number of rotatable bonds is 3. The second-order valence-electron chi connectivity index (χ2n) is 12.0. The zero-order chi connectivity index (χ0) is 30.9. The van der Waals surface area contributed by atoms with Gasteiger partial charge in [-0.05, 0) is 68.0 Å². The first-order chi connectivity index (χ1) is 23.3.